The number of carbonyl (C=O) groups is 1. The molecule has 1 atom stereocenters. The summed E-state index contributed by atoms with van der Waals surface area (Å²) < 4.78 is 0. The average molecular weight is 400 g/mol. The van der Waals surface area contributed by atoms with Gasteiger partial charge in [0, 0.05) is 25.0 Å². The van der Waals surface area contributed by atoms with Gasteiger partial charge in [0.05, 0.1) is 11.6 Å². The highest BCUT2D eigenvalue weighted by atomic mass is 32.1. The van der Waals surface area contributed by atoms with Crippen LogP contribution in [0.3, 0.4) is 0 Å². The number of benzene rings is 1. The zero-order chi connectivity index (χ0) is 20.4. The molecular formula is C20H22N3O4S+. The normalized spacial score (nSPS) is 12.1. The molecule has 0 fully saturated rings. The van der Waals surface area contributed by atoms with Crippen LogP contribution in [0.1, 0.15) is 34.6 Å². The second-order valence-electron chi connectivity index (χ2n) is 6.65. The minimum Gasteiger partial charge on any atom is -0.502 e. The Hall–Kier alpha value is -2.97. The Bertz CT molecular complexity index is 1070. The van der Waals surface area contributed by atoms with E-state index in [1.807, 2.05) is 24.4 Å². The number of nitrogens with two attached hydrogens (primary N) is 1. The molecule has 28 heavy (non-hydrogen) atoms. The van der Waals surface area contributed by atoms with Gasteiger partial charge in [-0.1, -0.05) is 19.1 Å². The van der Waals surface area contributed by atoms with Crippen molar-refractivity contribution in [1.82, 2.24) is 4.90 Å². The van der Waals surface area contributed by atoms with Crippen molar-refractivity contribution in [3.05, 3.63) is 66.6 Å². The SMILES string of the molecule is CC[C@@H](Nc1c([NH2+]c2cccc(C(=O)N(C)C)c2O)c(=O)c1=O)c1cccs1. The van der Waals surface area contributed by atoms with Gasteiger partial charge < -0.3 is 15.3 Å². The number of anilines is 1. The topological polar surface area (TPSA) is 103 Å². The molecule has 0 radical (unpaired) electrons. The number of aromatic hydroxyl groups is 1. The highest BCUT2D eigenvalue weighted by Gasteiger charge is 2.29. The number of carbonyl (C=O) groups excluding carboxylic acids is 1. The quantitative estimate of drug-likeness (QED) is 0.319. The number of phenolic OH excluding ortho intramolecular Hbond substituents is 1. The van der Waals surface area contributed by atoms with Crippen LogP contribution in [0.15, 0.2) is 45.3 Å². The van der Waals surface area contributed by atoms with Crippen LogP contribution in [0.4, 0.5) is 17.1 Å². The van der Waals surface area contributed by atoms with Crippen molar-refractivity contribution in [3.8, 4) is 5.75 Å². The van der Waals surface area contributed by atoms with E-state index in [2.05, 4.69) is 5.32 Å². The van der Waals surface area contributed by atoms with Crippen LogP contribution in [0.2, 0.25) is 0 Å². The molecule has 0 bridgehead atoms. The van der Waals surface area contributed by atoms with Crippen LogP contribution in [0.25, 0.3) is 0 Å². The molecule has 1 heterocycles. The highest BCUT2D eigenvalue weighted by molar-refractivity contribution is 7.10. The summed E-state index contributed by atoms with van der Waals surface area (Å²) in [4.78, 5) is 38.9. The first-order valence-corrected chi connectivity index (χ1v) is 9.74. The van der Waals surface area contributed by atoms with E-state index in [4.69, 9.17) is 0 Å². The predicted octanol–water partition coefficient (Wildman–Crippen LogP) is 1.84. The molecule has 0 saturated heterocycles. The fourth-order valence-electron chi connectivity index (χ4n) is 2.98. The number of para-hydroxylation sites is 1. The molecular weight excluding hydrogens is 378 g/mol. The molecule has 7 nitrogen and oxygen atoms in total. The van der Waals surface area contributed by atoms with Crippen molar-refractivity contribution in [2.24, 2.45) is 0 Å². The molecule has 8 heteroatoms. The Kier molecular flexibility index (Phi) is 5.62. The molecule has 4 N–H and O–H groups in total. The van der Waals surface area contributed by atoms with Gasteiger partial charge in [-0.25, -0.2) is 0 Å². The third-order valence-electron chi connectivity index (χ3n) is 4.56. The van der Waals surface area contributed by atoms with E-state index in [1.54, 1.807) is 37.6 Å². The lowest BCUT2D eigenvalue weighted by molar-refractivity contribution is -0.480. The van der Waals surface area contributed by atoms with Gasteiger partial charge in [0.25, 0.3) is 16.8 Å². The Balaban J connectivity index is 1.90. The van der Waals surface area contributed by atoms with Crippen LogP contribution in [-0.4, -0.2) is 30.0 Å². The molecule has 3 aromatic rings. The number of nitrogens with zero attached hydrogens (tertiary/aromatic N) is 1. The summed E-state index contributed by atoms with van der Waals surface area (Å²) in [7, 11) is 3.18. The first-order valence-electron chi connectivity index (χ1n) is 8.86. The van der Waals surface area contributed by atoms with E-state index < -0.39 is 10.9 Å². The van der Waals surface area contributed by atoms with Gasteiger partial charge in [-0.05, 0) is 23.9 Å². The summed E-state index contributed by atoms with van der Waals surface area (Å²) >= 11 is 1.58. The largest absolute Gasteiger partial charge is 0.502 e. The number of phenols is 1. The number of rotatable bonds is 7. The van der Waals surface area contributed by atoms with Crippen LogP contribution in [-0.2, 0) is 0 Å². The first kappa shape index (κ1) is 19.8. The smallest absolute Gasteiger partial charge is 0.291 e. The second-order valence-corrected chi connectivity index (χ2v) is 7.63. The molecule has 1 amide bonds. The van der Waals surface area contributed by atoms with Crippen molar-refractivity contribution >= 4 is 34.3 Å². The maximum Gasteiger partial charge on any atom is 0.291 e. The molecule has 3 rings (SSSR count). The third-order valence-corrected chi connectivity index (χ3v) is 5.55. The van der Waals surface area contributed by atoms with Gasteiger partial charge in [-0.15, -0.1) is 11.3 Å². The lowest BCUT2D eigenvalue weighted by Crippen LogP contribution is -2.76. The summed E-state index contributed by atoms with van der Waals surface area (Å²) in [5, 5.41) is 17.1. The number of amides is 1. The molecule has 0 spiro atoms. The van der Waals surface area contributed by atoms with E-state index in [0.717, 1.165) is 11.3 Å². The highest BCUT2D eigenvalue weighted by Crippen LogP contribution is 2.29. The van der Waals surface area contributed by atoms with Crippen LogP contribution in [0, 0.1) is 0 Å². The number of hydrogen-bond donors (Lipinski definition) is 3. The van der Waals surface area contributed by atoms with E-state index in [1.165, 1.54) is 16.3 Å². The van der Waals surface area contributed by atoms with Crippen LogP contribution in [0.5, 0.6) is 5.75 Å². The van der Waals surface area contributed by atoms with Gasteiger partial charge in [-0.3, -0.25) is 19.7 Å². The minimum atomic E-state index is -0.604. The fraction of sp³-hybridized carbons (Fsp3) is 0.250. The van der Waals surface area contributed by atoms with Gasteiger partial charge in [0.15, 0.2) is 17.1 Å². The molecule has 146 valence electrons. The Labute approximate surface area is 165 Å². The second kappa shape index (κ2) is 7.95. The minimum absolute atomic E-state index is 0.0781. The van der Waals surface area contributed by atoms with Crippen molar-refractivity contribution in [2.75, 3.05) is 19.4 Å². The third kappa shape index (κ3) is 3.56. The molecule has 1 aromatic heterocycles. The van der Waals surface area contributed by atoms with Gasteiger partial charge in [-0.2, -0.15) is 0 Å². The van der Waals surface area contributed by atoms with Gasteiger partial charge in [0.1, 0.15) is 0 Å². The predicted molar refractivity (Wildman–Crippen MR) is 110 cm³/mol. The lowest BCUT2D eigenvalue weighted by Gasteiger charge is -2.19. The average Bonchev–Trinajstić information content (AvgIpc) is 3.22. The molecule has 2 aromatic carbocycles. The van der Waals surface area contributed by atoms with E-state index >= 15 is 0 Å². The van der Waals surface area contributed by atoms with Crippen LogP contribution < -0.4 is 21.5 Å². The van der Waals surface area contributed by atoms with E-state index in [-0.39, 0.29) is 34.6 Å². The molecule has 0 saturated carbocycles. The van der Waals surface area contributed by atoms with Crippen molar-refractivity contribution < 1.29 is 15.2 Å². The number of quaternary nitrogens is 1. The fourth-order valence-corrected chi connectivity index (χ4v) is 3.84. The summed E-state index contributed by atoms with van der Waals surface area (Å²) in [5.41, 5.74) is -0.267. The number of thiophene rings is 1. The summed E-state index contributed by atoms with van der Waals surface area (Å²) in [6, 6.07) is 8.57. The molecule has 0 aliphatic heterocycles. The summed E-state index contributed by atoms with van der Waals surface area (Å²) in [6.07, 6.45) is 0.747. The van der Waals surface area contributed by atoms with E-state index in [0.29, 0.717) is 5.69 Å². The Morgan fingerprint density at radius 2 is 1.96 bits per heavy atom. The zero-order valence-electron chi connectivity index (χ0n) is 15.9. The Morgan fingerprint density at radius 1 is 1.21 bits per heavy atom. The first-order chi connectivity index (χ1) is 13.3. The van der Waals surface area contributed by atoms with Gasteiger partial charge >= 0.3 is 0 Å². The molecule has 0 aliphatic carbocycles. The zero-order valence-corrected chi connectivity index (χ0v) is 16.7. The Morgan fingerprint density at radius 3 is 2.57 bits per heavy atom. The maximum absolute atomic E-state index is 12.2. The number of nitrogens with one attached hydrogen (secondary N) is 1. The van der Waals surface area contributed by atoms with Crippen molar-refractivity contribution in [3.63, 3.8) is 0 Å². The van der Waals surface area contributed by atoms with Crippen molar-refractivity contribution in [1.29, 1.82) is 0 Å². The summed E-state index contributed by atoms with van der Waals surface area (Å²) in [5.74, 6) is -0.565. The van der Waals surface area contributed by atoms with E-state index in [9.17, 15) is 19.5 Å². The number of hydrogen-bond acceptors (Lipinski definition) is 6. The lowest BCUT2D eigenvalue weighted by atomic mass is 10.1. The summed E-state index contributed by atoms with van der Waals surface area (Å²) in [6.45, 7) is 1.99. The standard InChI is InChI=1S/C20H21N3O4S/c1-4-12(14-9-6-10-28-14)21-15-16(19(26)18(15)25)22-13-8-5-7-11(17(13)24)20(27)23(2)3/h5-10,12,21-22,24H,4H2,1-3H3/p+1/t12-/m1/s1. The molecule has 0 unspecified atom stereocenters. The van der Waals surface area contributed by atoms with Crippen LogP contribution >= 0.6 is 11.3 Å². The molecule has 0 aliphatic rings. The maximum atomic E-state index is 12.2. The van der Waals surface area contributed by atoms with Gasteiger partial charge in [0.2, 0.25) is 5.69 Å². The van der Waals surface area contributed by atoms with Crippen molar-refractivity contribution in [2.45, 2.75) is 19.4 Å². The monoisotopic (exact) mass is 400 g/mol.